The van der Waals surface area contributed by atoms with Gasteiger partial charge in [0.1, 0.15) is 17.6 Å². The highest BCUT2D eigenvalue weighted by Crippen LogP contribution is 2.25. The number of nitrogens with two attached hydrogens (primary N) is 1. The molecule has 2 heterocycles. The number of carbonyl (C=O) groups excluding carboxylic acids is 2. The van der Waals surface area contributed by atoms with Crippen LogP contribution in [0.2, 0.25) is 0 Å². The number of nitrogens with zero attached hydrogens (tertiary/aromatic N) is 1. The SMILES string of the molecule is NC(=O)C(c1ccc(F)cc1)N1CCC(NC(=O)Cc2ccco2)C1. The van der Waals surface area contributed by atoms with E-state index in [0.29, 0.717) is 24.4 Å². The van der Waals surface area contributed by atoms with Crippen molar-refractivity contribution < 1.29 is 18.4 Å². The fourth-order valence-corrected chi connectivity index (χ4v) is 3.19. The smallest absolute Gasteiger partial charge is 0.239 e. The monoisotopic (exact) mass is 345 g/mol. The first-order valence-corrected chi connectivity index (χ1v) is 8.13. The maximum atomic E-state index is 13.1. The zero-order valence-corrected chi connectivity index (χ0v) is 13.7. The molecule has 6 nitrogen and oxygen atoms in total. The predicted molar refractivity (Wildman–Crippen MR) is 88.9 cm³/mol. The molecule has 1 aliphatic heterocycles. The van der Waals surface area contributed by atoms with Crippen molar-refractivity contribution >= 4 is 11.8 Å². The number of hydrogen-bond acceptors (Lipinski definition) is 4. The Morgan fingerprint density at radius 3 is 2.72 bits per heavy atom. The highest BCUT2D eigenvalue weighted by Gasteiger charge is 2.33. The van der Waals surface area contributed by atoms with Gasteiger partial charge >= 0.3 is 0 Å². The second kappa shape index (κ2) is 7.48. The van der Waals surface area contributed by atoms with E-state index in [1.165, 1.54) is 18.4 Å². The second-order valence-corrected chi connectivity index (χ2v) is 6.16. The summed E-state index contributed by atoms with van der Waals surface area (Å²) in [5.41, 5.74) is 6.20. The Morgan fingerprint density at radius 1 is 1.32 bits per heavy atom. The van der Waals surface area contributed by atoms with E-state index in [2.05, 4.69) is 5.32 Å². The lowest BCUT2D eigenvalue weighted by Crippen LogP contribution is -2.41. The molecule has 7 heteroatoms. The van der Waals surface area contributed by atoms with Crippen LogP contribution in [0, 0.1) is 5.82 Å². The van der Waals surface area contributed by atoms with Crippen molar-refractivity contribution in [1.29, 1.82) is 0 Å². The molecular formula is C18H20FN3O3. The highest BCUT2D eigenvalue weighted by atomic mass is 19.1. The molecule has 2 aromatic rings. The van der Waals surface area contributed by atoms with Gasteiger partial charge in [-0.15, -0.1) is 0 Å². The number of primary amides is 1. The number of carbonyl (C=O) groups is 2. The molecule has 25 heavy (non-hydrogen) atoms. The molecule has 0 saturated carbocycles. The Bertz CT molecular complexity index is 731. The van der Waals surface area contributed by atoms with Crippen LogP contribution in [0.3, 0.4) is 0 Å². The van der Waals surface area contributed by atoms with E-state index in [1.54, 1.807) is 24.3 Å². The number of hydrogen-bond donors (Lipinski definition) is 2. The van der Waals surface area contributed by atoms with Crippen LogP contribution in [0.4, 0.5) is 4.39 Å². The minimum atomic E-state index is -0.632. The van der Waals surface area contributed by atoms with Gasteiger partial charge in [0.25, 0.3) is 0 Å². The van der Waals surface area contributed by atoms with Crippen LogP contribution in [0.5, 0.6) is 0 Å². The predicted octanol–water partition coefficient (Wildman–Crippen LogP) is 1.38. The number of rotatable bonds is 6. The third kappa shape index (κ3) is 4.24. The van der Waals surface area contributed by atoms with Crippen molar-refractivity contribution in [3.63, 3.8) is 0 Å². The van der Waals surface area contributed by atoms with Gasteiger partial charge in [-0.25, -0.2) is 4.39 Å². The van der Waals surface area contributed by atoms with Gasteiger partial charge < -0.3 is 15.5 Å². The molecule has 1 fully saturated rings. The van der Waals surface area contributed by atoms with Gasteiger partial charge in [-0.3, -0.25) is 14.5 Å². The Kier molecular flexibility index (Phi) is 5.14. The van der Waals surface area contributed by atoms with E-state index in [4.69, 9.17) is 10.2 Å². The Hall–Kier alpha value is -2.67. The van der Waals surface area contributed by atoms with Gasteiger partial charge in [-0.2, -0.15) is 0 Å². The molecule has 1 aliphatic rings. The Balaban J connectivity index is 1.61. The lowest BCUT2D eigenvalue weighted by molar-refractivity contribution is -0.123. The zero-order chi connectivity index (χ0) is 17.8. The van der Waals surface area contributed by atoms with Crippen molar-refractivity contribution in [3.05, 3.63) is 59.8 Å². The van der Waals surface area contributed by atoms with Crippen molar-refractivity contribution in [2.24, 2.45) is 5.73 Å². The summed E-state index contributed by atoms with van der Waals surface area (Å²) < 4.78 is 18.3. The molecule has 2 amide bonds. The standard InChI is InChI=1S/C18H20FN3O3/c19-13-5-3-12(4-6-13)17(18(20)24)22-8-7-14(11-22)21-16(23)10-15-2-1-9-25-15/h1-6,9,14,17H,7-8,10-11H2,(H2,20,24)(H,21,23). The molecule has 1 saturated heterocycles. The normalized spacial score (nSPS) is 18.8. The van der Waals surface area contributed by atoms with E-state index in [-0.39, 0.29) is 24.2 Å². The maximum absolute atomic E-state index is 13.1. The summed E-state index contributed by atoms with van der Waals surface area (Å²) in [6.07, 6.45) is 2.43. The van der Waals surface area contributed by atoms with Crippen LogP contribution in [0.15, 0.2) is 47.1 Å². The van der Waals surface area contributed by atoms with E-state index in [0.717, 1.165) is 6.42 Å². The minimum Gasteiger partial charge on any atom is -0.469 e. The molecular weight excluding hydrogens is 325 g/mol. The molecule has 2 unspecified atom stereocenters. The largest absolute Gasteiger partial charge is 0.469 e. The van der Waals surface area contributed by atoms with Crippen LogP contribution < -0.4 is 11.1 Å². The maximum Gasteiger partial charge on any atom is 0.239 e. The summed E-state index contributed by atoms with van der Waals surface area (Å²) in [7, 11) is 0. The van der Waals surface area contributed by atoms with E-state index in [1.807, 2.05) is 4.90 Å². The lowest BCUT2D eigenvalue weighted by atomic mass is 10.1. The number of furan rings is 1. The first-order chi connectivity index (χ1) is 12.0. The van der Waals surface area contributed by atoms with Crippen LogP contribution in [-0.2, 0) is 16.0 Å². The van der Waals surface area contributed by atoms with Crippen molar-refractivity contribution in [3.8, 4) is 0 Å². The molecule has 2 atom stereocenters. The fourth-order valence-electron chi connectivity index (χ4n) is 3.19. The molecule has 1 aromatic carbocycles. The molecule has 1 aromatic heterocycles. The van der Waals surface area contributed by atoms with Crippen molar-refractivity contribution in [2.45, 2.75) is 24.9 Å². The fraction of sp³-hybridized carbons (Fsp3) is 0.333. The molecule has 0 spiro atoms. The second-order valence-electron chi connectivity index (χ2n) is 6.16. The average molecular weight is 345 g/mol. The Labute approximate surface area is 144 Å². The van der Waals surface area contributed by atoms with Gasteiger partial charge in [-0.1, -0.05) is 12.1 Å². The van der Waals surface area contributed by atoms with Gasteiger partial charge in [0.2, 0.25) is 11.8 Å². The summed E-state index contributed by atoms with van der Waals surface area (Å²) in [5.74, 6) is -0.376. The highest BCUT2D eigenvalue weighted by molar-refractivity contribution is 5.81. The summed E-state index contributed by atoms with van der Waals surface area (Å²) in [5, 5.41) is 2.95. The third-order valence-corrected chi connectivity index (χ3v) is 4.32. The van der Waals surface area contributed by atoms with Gasteiger partial charge in [0, 0.05) is 19.1 Å². The summed E-state index contributed by atoms with van der Waals surface area (Å²) >= 11 is 0. The first kappa shape index (κ1) is 17.2. The summed E-state index contributed by atoms with van der Waals surface area (Å²) in [6.45, 7) is 1.13. The summed E-state index contributed by atoms with van der Waals surface area (Å²) in [4.78, 5) is 25.9. The van der Waals surface area contributed by atoms with E-state index < -0.39 is 11.9 Å². The van der Waals surface area contributed by atoms with Gasteiger partial charge in [0.15, 0.2) is 0 Å². The molecule has 0 radical (unpaired) electrons. The molecule has 0 aliphatic carbocycles. The third-order valence-electron chi connectivity index (χ3n) is 4.32. The van der Waals surface area contributed by atoms with Gasteiger partial charge in [0.05, 0.1) is 12.7 Å². The van der Waals surface area contributed by atoms with Gasteiger partial charge in [-0.05, 0) is 36.2 Å². The summed E-state index contributed by atoms with van der Waals surface area (Å²) in [6, 6.07) is 8.53. The first-order valence-electron chi connectivity index (χ1n) is 8.13. The number of amides is 2. The number of likely N-dealkylation sites (tertiary alicyclic amines) is 1. The Morgan fingerprint density at radius 2 is 2.08 bits per heavy atom. The van der Waals surface area contributed by atoms with Crippen LogP contribution in [0.1, 0.15) is 23.8 Å². The number of benzene rings is 1. The van der Waals surface area contributed by atoms with Crippen LogP contribution in [-0.4, -0.2) is 35.8 Å². The molecule has 0 bridgehead atoms. The van der Waals surface area contributed by atoms with Crippen molar-refractivity contribution in [1.82, 2.24) is 10.2 Å². The number of halogens is 1. The molecule has 3 N–H and O–H groups in total. The lowest BCUT2D eigenvalue weighted by Gasteiger charge is -2.25. The number of nitrogens with one attached hydrogen (secondary N) is 1. The minimum absolute atomic E-state index is 0.0650. The average Bonchev–Trinajstić information content (AvgIpc) is 3.21. The molecule has 3 rings (SSSR count). The topological polar surface area (TPSA) is 88.6 Å². The van der Waals surface area contributed by atoms with E-state index in [9.17, 15) is 14.0 Å². The van der Waals surface area contributed by atoms with Crippen molar-refractivity contribution in [2.75, 3.05) is 13.1 Å². The van der Waals surface area contributed by atoms with Crippen LogP contribution >= 0.6 is 0 Å². The van der Waals surface area contributed by atoms with E-state index >= 15 is 0 Å². The molecule has 132 valence electrons. The zero-order valence-electron chi connectivity index (χ0n) is 13.7. The van der Waals surface area contributed by atoms with Crippen LogP contribution in [0.25, 0.3) is 0 Å². The quantitative estimate of drug-likeness (QED) is 0.828.